The van der Waals surface area contributed by atoms with E-state index < -0.39 is 0 Å². The molecule has 0 aromatic heterocycles. The van der Waals surface area contributed by atoms with E-state index in [4.69, 9.17) is 9.73 Å². The van der Waals surface area contributed by atoms with Gasteiger partial charge >= 0.3 is 0 Å². The number of nitrogens with one attached hydrogen (secondary N) is 1. The molecule has 2 heterocycles. The first-order valence-corrected chi connectivity index (χ1v) is 10.2. The van der Waals surface area contributed by atoms with E-state index in [1.54, 1.807) is 0 Å². The SMILES string of the molecule is CCNC(=NCC(C1CC1)N(C)C)N1CCN(C(=O)C2CCCO2)CC1. The van der Waals surface area contributed by atoms with Crippen LogP contribution in [-0.4, -0.2) is 98.7 Å². The van der Waals surface area contributed by atoms with Crippen LogP contribution < -0.4 is 5.32 Å². The molecule has 2 atom stereocenters. The molecule has 0 radical (unpaired) electrons. The van der Waals surface area contributed by atoms with Crippen LogP contribution in [0, 0.1) is 5.92 Å². The normalized spacial score (nSPS) is 25.7. The van der Waals surface area contributed by atoms with E-state index >= 15 is 0 Å². The number of hydrogen-bond donors (Lipinski definition) is 1. The molecular formula is C19H35N5O2. The number of rotatable bonds is 6. The Balaban J connectivity index is 1.53. The Morgan fingerprint density at radius 3 is 2.42 bits per heavy atom. The fourth-order valence-electron chi connectivity index (χ4n) is 3.94. The highest BCUT2D eigenvalue weighted by molar-refractivity contribution is 5.82. The fourth-order valence-corrected chi connectivity index (χ4v) is 3.94. The van der Waals surface area contributed by atoms with Crippen molar-refractivity contribution in [2.24, 2.45) is 10.9 Å². The minimum absolute atomic E-state index is 0.172. The summed E-state index contributed by atoms with van der Waals surface area (Å²) in [6.07, 6.45) is 4.33. The van der Waals surface area contributed by atoms with Gasteiger partial charge < -0.3 is 24.8 Å². The first-order chi connectivity index (χ1) is 12.6. The number of carbonyl (C=O) groups excluding carboxylic acids is 1. The highest BCUT2D eigenvalue weighted by atomic mass is 16.5. The summed E-state index contributed by atoms with van der Waals surface area (Å²) >= 11 is 0. The lowest BCUT2D eigenvalue weighted by atomic mass is 10.2. The van der Waals surface area contributed by atoms with E-state index in [0.717, 1.165) is 70.6 Å². The second-order valence-corrected chi connectivity index (χ2v) is 7.88. The van der Waals surface area contributed by atoms with Gasteiger partial charge in [-0.25, -0.2) is 0 Å². The molecule has 1 saturated carbocycles. The molecule has 2 unspecified atom stereocenters. The average molecular weight is 366 g/mol. The maximum absolute atomic E-state index is 12.5. The van der Waals surface area contributed by atoms with Crippen LogP contribution in [0.5, 0.6) is 0 Å². The fraction of sp³-hybridized carbons (Fsp3) is 0.895. The zero-order valence-corrected chi connectivity index (χ0v) is 16.6. The Morgan fingerprint density at radius 2 is 1.88 bits per heavy atom. The summed E-state index contributed by atoms with van der Waals surface area (Å²) < 4.78 is 5.55. The summed E-state index contributed by atoms with van der Waals surface area (Å²) in [6.45, 7) is 7.71. The Labute approximate surface area is 157 Å². The minimum atomic E-state index is -0.206. The third-order valence-corrected chi connectivity index (χ3v) is 5.69. The van der Waals surface area contributed by atoms with Crippen LogP contribution in [0.1, 0.15) is 32.6 Å². The first kappa shape index (κ1) is 19.4. The highest BCUT2D eigenvalue weighted by Gasteiger charge is 2.33. The number of piperazine rings is 1. The van der Waals surface area contributed by atoms with Crippen molar-refractivity contribution in [3.8, 4) is 0 Å². The van der Waals surface area contributed by atoms with Crippen LogP contribution in [0.4, 0.5) is 0 Å². The molecule has 0 bridgehead atoms. The predicted molar refractivity (Wildman–Crippen MR) is 103 cm³/mol. The van der Waals surface area contributed by atoms with E-state index in [1.807, 2.05) is 4.90 Å². The third kappa shape index (κ3) is 4.88. The Kier molecular flexibility index (Phi) is 6.75. The number of carbonyl (C=O) groups is 1. The van der Waals surface area contributed by atoms with E-state index in [-0.39, 0.29) is 12.0 Å². The number of hydrogen-bond acceptors (Lipinski definition) is 4. The van der Waals surface area contributed by atoms with Gasteiger partial charge in [0.1, 0.15) is 6.10 Å². The standard InChI is InChI=1S/C19H35N5O2/c1-4-20-19(21-14-16(22(2)3)15-7-8-15)24-11-9-23(10-12-24)18(25)17-6-5-13-26-17/h15-17H,4-14H2,1-3H3,(H,20,21). The molecule has 1 amide bonds. The summed E-state index contributed by atoms with van der Waals surface area (Å²) in [5.74, 6) is 1.97. The molecule has 3 fully saturated rings. The maximum Gasteiger partial charge on any atom is 0.251 e. The van der Waals surface area contributed by atoms with Crippen molar-refractivity contribution < 1.29 is 9.53 Å². The van der Waals surface area contributed by atoms with E-state index in [2.05, 4.69) is 36.1 Å². The molecule has 7 nitrogen and oxygen atoms in total. The molecule has 3 aliphatic rings. The van der Waals surface area contributed by atoms with Crippen molar-refractivity contribution in [1.82, 2.24) is 20.0 Å². The van der Waals surface area contributed by atoms with Gasteiger partial charge in [0.25, 0.3) is 5.91 Å². The molecular weight excluding hydrogens is 330 g/mol. The maximum atomic E-state index is 12.5. The second kappa shape index (κ2) is 9.04. The van der Waals surface area contributed by atoms with Crippen molar-refractivity contribution in [3.63, 3.8) is 0 Å². The van der Waals surface area contributed by atoms with Gasteiger partial charge in [-0.05, 0) is 52.6 Å². The van der Waals surface area contributed by atoms with Gasteiger partial charge in [-0.15, -0.1) is 0 Å². The molecule has 148 valence electrons. The summed E-state index contributed by atoms with van der Waals surface area (Å²) in [4.78, 5) is 24.0. The van der Waals surface area contributed by atoms with Crippen molar-refractivity contribution in [2.45, 2.75) is 44.8 Å². The predicted octanol–water partition coefficient (Wildman–Crippen LogP) is 0.615. The monoisotopic (exact) mass is 365 g/mol. The largest absolute Gasteiger partial charge is 0.368 e. The molecule has 3 rings (SSSR count). The second-order valence-electron chi connectivity index (χ2n) is 7.88. The third-order valence-electron chi connectivity index (χ3n) is 5.69. The number of ether oxygens (including phenoxy) is 1. The van der Waals surface area contributed by atoms with Gasteiger partial charge in [0.15, 0.2) is 5.96 Å². The molecule has 1 aliphatic carbocycles. The topological polar surface area (TPSA) is 60.4 Å². The first-order valence-electron chi connectivity index (χ1n) is 10.2. The summed E-state index contributed by atoms with van der Waals surface area (Å²) in [6, 6.07) is 0.533. The summed E-state index contributed by atoms with van der Waals surface area (Å²) in [7, 11) is 4.31. The van der Waals surface area contributed by atoms with Crippen molar-refractivity contribution in [1.29, 1.82) is 0 Å². The van der Waals surface area contributed by atoms with Crippen molar-refractivity contribution >= 4 is 11.9 Å². The molecule has 26 heavy (non-hydrogen) atoms. The molecule has 0 aromatic carbocycles. The zero-order chi connectivity index (χ0) is 18.5. The van der Waals surface area contributed by atoms with Gasteiger partial charge in [-0.3, -0.25) is 9.79 Å². The van der Waals surface area contributed by atoms with Crippen LogP contribution in [-0.2, 0) is 9.53 Å². The van der Waals surface area contributed by atoms with Crippen molar-refractivity contribution in [3.05, 3.63) is 0 Å². The van der Waals surface area contributed by atoms with Crippen LogP contribution in [0.15, 0.2) is 4.99 Å². The molecule has 2 saturated heterocycles. The van der Waals surface area contributed by atoms with Crippen LogP contribution in [0.25, 0.3) is 0 Å². The Hall–Kier alpha value is -1.34. The number of nitrogens with zero attached hydrogens (tertiary/aromatic N) is 4. The zero-order valence-electron chi connectivity index (χ0n) is 16.6. The lowest BCUT2D eigenvalue weighted by molar-refractivity contribution is -0.142. The van der Waals surface area contributed by atoms with Crippen LogP contribution >= 0.6 is 0 Å². The molecule has 1 N–H and O–H groups in total. The van der Waals surface area contributed by atoms with E-state index in [1.165, 1.54) is 12.8 Å². The van der Waals surface area contributed by atoms with Gasteiger partial charge in [-0.2, -0.15) is 0 Å². The van der Waals surface area contributed by atoms with Crippen molar-refractivity contribution in [2.75, 3.05) is 60.0 Å². The molecule has 0 aromatic rings. The Morgan fingerprint density at radius 1 is 1.19 bits per heavy atom. The summed E-state index contributed by atoms with van der Waals surface area (Å²) in [5.41, 5.74) is 0. The molecule has 2 aliphatic heterocycles. The smallest absolute Gasteiger partial charge is 0.251 e. The average Bonchev–Trinajstić information content (AvgIpc) is 3.32. The lowest BCUT2D eigenvalue weighted by Gasteiger charge is -2.37. The van der Waals surface area contributed by atoms with Gasteiger partial charge in [0, 0.05) is 45.4 Å². The number of guanidine groups is 1. The van der Waals surface area contributed by atoms with Crippen LogP contribution in [0.2, 0.25) is 0 Å². The number of amides is 1. The van der Waals surface area contributed by atoms with E-state index in [0.29, 0.717) is 6.04 Å². The van der Waals surface area contributed by atoms with Gasteiger partial charge in [-0.1, -0.05) is 0 Å². The highest BCUT2D eigenvalue weighted by Crippen LogP contribution is 2.34. The van der Waals surface area contributed by atoms with Gasteiger partial charge in [0.2, 0.25) is 0 Å². The lowest BCUT2D eigenvalue weighted by Crippen LogP contribution is -2.55. The number of likely N-dealkylation sites (N-methyl/N-ethyl adjacent to an activating group) is 1. The van der Waals surface area contributed by atoms with Gasteiger partial charge in [0.05, 0.1) is 6.54 Å². The molecule has 0 spiro atoms. The quantitative estimate of drug-likeness (QED) is 0.552. The molecule has 7 heteroatoms. The summed E-state index contributed by atoms with van der Waals surface area (Å²) in [5, 5.41) is 3.43. The minimum Gasteiger partial charge on any atom is -0.368 e. The van der Waals surface area contributed by atoms with E-state index in [9.17, 15) is 4.79 Å². The Bertz CT molecular complexity index is 490. The number of aliphatic imine (C=N–C) groups is 1. The van der Waals surface area contributed by atoms with Crippen LogP contribution in [0.3, 0.4) is 0 Å².